The number of phenols is 1. The number of carbonyl (C=O) groups excluding carboxylic acids is 2. The lowest BCUT2D eigenvalue weighted by molar-refractivity contribution is 0.0887. The summed E-state index contributed by atoms with van der Waals surface area (Å²) in [5.74, 6) is -0.823. The first-order valence-corrected chi connectivity index (χ1v) is 16.5. The summed E-state index contributed by atoms with van der Waals surface area (Å²) in [6, 6.07) is 13.2. The zero-order valence-corrected chi connectivity index (χ0v) is 30.3. The SMILES string of the molecule is CC(C)(C)c1cc(COc2cccc3ccc(C4C(=O)c5c(Br)c(Br)c(Br)c(Br)c5C4=O)nc23)cc(C(C)(C)C)c1O. The second kappa shape index (κ2) is 11.1. The standard InChI is InChI=1S/C33H29Br4NO4/c1-32(2,3)17-12-15(13-18(29(17)39)33(4,5)6)14-42-20-9-7-8-16-10-11-19(38-28(16)20)21-30(40)22-23(31(21)41)25(35)27(37)26(36)24(22)34/h7-13,21,39H,14H2,1-6H3. The molecule has 0 saturated carbocycles. The molecule has 0 bridgehead atoms. The second-order valence-electron chi connectivity index (χ2n) is 12.6. The highest BCUT2D eigenvalue weighted by Gasteiger charge is 2.44. The summed E-state index contributed by atoms with van der Waals surface area (Å²) >= 11 is 14.0. The minimum Gasteiger partial charge on any atom is -0.507 e. The van der Waals surface area contributed by atoms with Crippen LogP contribution in [0, 0.1) is 0 Å². The van der Waals surface area contributed by atoms with E-state index in [4.69, 9.17) is 9.72 Å². The van der Waals surface area contributed by atoms with Crippen molar-refractivity contribution in [3.05, 3.63) is 93.9 Å². The maximum atomic E-state index is 13.6. The van der Waals surface area contributed by atoms with Crippen LogP contribution in [-0.2, 0) is 17.4 Å². The molecule has 1 N–H and O–H groups in total. The minimum absolute atomic E-state index is 0.256. The third kappa shape index (κ3) is 5.39. The molecule has 0 atom stereocenters. The van der Waals surface area contributed by atoms with E-state index in [0.29, 0.717) is 51.7 Å². The molecule has 1 aliphatic carbocycles. The highest BCUT2D eigenvalue weighted by molar-refractivity contribution is 9.15. The van der Waals surface area contributed by atoms with E-state index in [-0.39, 0.29) is 29.0 Å². The molecule has 5 rings (SSSR count). The third-order valence-electron chi connectivity index (χ3n) is 7.46. The molecule has 0 amide bonds. The van der Waals surface area contributed by atoms with E-state index in [1.54, 1.807) is 6.07 Å². The first-order chi connectivity index (χ1) is 19.5. The Bertz CT molecular complexity index is 1720. The van der Waals surface area contributed by atoms with Crippen LogP contribution in [0.1, 0.15) is 90.6 Å². The van der Waals surface area contributed by atoms with Gasteiger partial charge in [0, 0.05) is 34.4 Å². The molecule has 1 heterocycles. The molecule has 4 aromatic rings. The Morgan fingerprint density at radius 2 is 1.31 bits per heavy atom. The Morgan fingerprint density at radius 1 is 0.786 bits per heavy atom. The van der Waals surface area contributed by atoms with Crippen LogP contribution in [0.15, 0.2) is 60.4 Å². The largest absolute Gasteiger partial charge is 0.507 e. The number of carbonyl (C=O) groups is 2. The van der Waals surface area contributed by atoms with Crippen LogP contribution < -0.4 is 4.74 Å². The topological polar surface area (TPSA) is 76.5 Å². The van der Waals surface area contributed by atoms with Crippen molar-refractivity contribution >= 4 is 86.2 Å². The van der Waals surface area contributed by atoms with E-state index in [9.17, 15) is 14.7 Å². The number of ether oxygens (including phenoxy) is 1. The molecular weight excluding hydrogens is 794 g/mol. The first kappa shape index (κ1) is 31.4. The molecule has 5 nitrogen and oxygen atoms in total. The summed E-state index contributed by atoms with van der Waals surface area (Å²) in [5, 5.41) is 11.9. The van der Waals surface area contributed by atoms with Gasteiger partial charge in [-0.3, -0.25) is 9.59 Å². The number of phenolic OH excluding ortho intramolecular Hbond substituents is 1. The number of aromatic hydroxyl groups is 1. The van der Waals surface area contributed by atoms with E-state index in [1.807, 2.05) is 36.4 Å². The van der Waals surface area contributed by atoms with Gasteiger partial charge >= 0.3 is 0 Å². The molecule has 0 radical (unpaired) electrons. The maximum absolute atomic E-state index is 13.6. The fraction of sp³-hybridized carbons (Fsp3) is 0.303. The number of nitrogens with zero attached hydrogens (tertiary/aromatic N) is 1. The van der Waals surface area contributed by atoms with Crippen LogP contribution in [0.4, 0.5) is 0 Å². The van der Waals surface area contributed by atoms with Crippen LogP contribution >= 0.6 is 63.7 Å². The van der Waals surface area contributed by atoms with Gasteiger partial charge in [-0.1, -0.05) is 59.7 Å². The van der Waals surface area contributed by atoms with Crippen LogP contribution in [0.5, 0.6) is 11.5 Å². The van der Waals surface area contributed by atoms with Gasteiger partial charge in [0.05, 0.1) is 5.69 Å². The number of ketones is 2. The summed E-state index contributed by atoms with van der Waals surface area (Å²) in [7, 11) is 0. The van der Waals surface area contributed by atoms with Crippen molar-refractivity contribution in [2.45, 2.75) is 64.9 Å². The number of fused-ring (bicyclic) bond motifs is 2. The molecule has 0 aliphatic heterocycles. The summed E-state index contributed by atoms with van der Waals surface area (Å²) in [5.41, 5.74) is 3.72. The number of Topliss-reactive ketones (excluding diaryl/α,β-unsaturated/α-hetero) is 2. The van der Waals surface area contributed by atoms with E-state index in [0.717, 1.165) is 22.1 Å². The molecule has 0 fully saturated rings. The Balaban J connectivity index is 1.54. The Hall–Kier alpha value is -2.07. The molecule has 3 aromatic carbocycles. The predicted octanol–water partition coefficient (Wildman–Crippen LogP) is 10.3. The van der Waals surface area contributed by atoms with Gasteiger partial charge < -0.3 is 9.84 Å². The van der Waals surface area contributed by atoms with Gasteiger partial charge in [0.25, 0.3) is 0 Å². The third-order valence-corrected chi connectivity index (χ3v) is 12.2. The van der Waals surface area contributed by atoms with Gasteiger partial charge in [0.1, 0.15) is 29.5 Å². The van der Waals surface area contributed by atoms with Crippen molar-refractivity contribution in [1.29, 1.82) is 0 Å². The normalized spacial score (nSPS) is 14.1. The number of benzene rings is 3. The lowest BCUT2D eigenvalue weighted by Crippen LogP contribution is -2.18. The summed E-state index contributed by atoms with van der Waals surface area (Å²) < 4.78 is 8.69. The lowest BCUT2D eigenvalue weighted by atomic mass is 9.78. The number of hydrogen-bond donors (Lipinski definition) is 1. The average Bonchev–Trinajstić information content (AvgIpc) is 3.18. The minimum atomic E-state index is -1.06. The highest BCUT2D eigenvalue weighted by Crippen LogP contribution is 2.48. The van der Waals surface area contributed by atoms with Crippen molar-refractivity contribution in [3.8, 4) is 11.5 Å². The Morgan fingerprint density at radius 3 is 1.81 bits per heavy atom. The van der Waals surface area contributed by atoms with Crippen LogP contribution in [0.25, 0.3) is 10.9 Å². The molecule has 42 heavy (non-hydrogen) atoms. The Labute approximate surface area is 279 Å². The zero-order valence-electron chi connectivity index (χ0n) is 24.0. The van der Waals surface area contributed by atoms with Crippen molar-refractivity contribution < 1.29 is 19.4 Å². The maximum Gasteiger partial charge on any atom is 0.181 e. The molecule has 1 aromatic heterocycles. The molecule has 0 unspecified atom stereocenters. The van der Waals surface area contributed by atoms with Crippen LogP contribution in [0.3, 0.4) is 0 Å². The smallest absolute Gasteiger partial charge is 0.181 e. The van der Waals surface area contributed by atoms with E-state index in [1.165, 1.54) is 0 Å². The van der Waals surface area contributed by atoms with E-state index >= 15 is 0 Å². The fourth-order valence-electron chi connectivity index (χ4n) is 5.27. The predicted molar refractivity (Wildman–Crippen MR) is 180 cm³/mol. The zero-order chi connectivity index (χ0) is 30.9. The average molecular weight is 823 g/mol. The van der Waals surface area contributed by atoms with Crippen molar-refractivity contribution in [2.75, 3.05) is 0 Å². The van der Waals surface area contributed by atoms with Crippen molar-refractivity contribution in [1.82, 2.24) is 4.98 Å². The molecule has 9 heteroatoms. The van der Waals surface area contributed by atoms with Crippen molar-refractivity contribution in [3.63, 3.8) is 0 Å². The molecule has 218 valence electrons. The number of halogens is 4. The summed E-state index contributed by atoms with van der Waals surface area (Å²) in [6.07, 6.45) is 0. The van der Waals surface area contributed by atoms with Gasteiger partial charge in [-0.2, -0.15) is 0 Å². The Kier molecular flexibility index (Phi) is 8.31. The lowest BCUT2D eigenvalue weighted by Gasteiger charge is -2.28. The number of pyridine rings is 1. The first-order valence-electron chi connectivity index (χ1n) is 13.4. The number of hydrogen-bond acceptors (Lipinski definition) is 5. The summed E-state index contributed by atoms with van der Waals surface area (Å²) in [6.45, 7) is 12.7. The van der Waals surface area contributed by atoms with Gasteiger partial charge in [0.2, 0.25) is 0 Å². The van der Waals surface area contributed by atoms with Gasteiger partial charge in [-0.05, 0) is 116 Å². The van der Waals surface area contributed by atoms with Crippen LogP contribution in [0.2, 0.25) is 0 Å². The fourth-order valence-corrected chi connectivity index (χ4v) is 7.77. The van der Waals surface area contributed by atoms with Crippen molar-refractivity contribution in [2.24, 2.45) is 0 Å². The van der Waals surface area contributed by atoms with E-state index < -0.39 is 5.92 Å². The molecule has 0 saturated heterocycles. The van der Waals surface area contributed by atoms with E-state index in [2.05, 4.69) is 105 Å². The highest BCUT2D eigenvalue weighted by atomic mass is 79.9. The quantitative estimate of drug-likeness (QED) is 0.126. The second-order valence-corrected chi connectivity index (χ2v) is 15.7. The molecular formula is C33H29Br4NO4. The number of rotatable bonds is 4. The summed E-state index contributed by atoms with van der Waals surface area (Å²) in [4.78, 5) is 32.1. The van der Waals surface area contributed by atoms with Gasteiger partial charge in [0.15, 0.2) is 11.6 Å². The monoisotopic (exact) mass is 819 g/mol. The van der Waals surface area contributed by atoms with Gasteiger partial charge in [-0.25, -0.2) is 4.98 Å². The number of para-hydroxylation sites is 1. The molecule has 1 aliphatic rings. The van der Waals surface area contributed by atoms with Crippen LogP contribution in [-0.4, -0.2) is 21.7 Å². The van der Waals surface area contributed by atoms with Gasteiger partial charge in [-0.15, -0.1) is 0 Å². The molecule has 0 spiro atoms. The number of aromatic nitrogens is 1.